The minimum atomic E-state index is -0.491. The number of Topliss-reactive ketones (excluding diaryl/α,β-unsaturated/α-hetero) is 1. The van der Waals surface area contributed by atoms with Gasteiger partial charge in [-0.3, -0.25) is 4.79 Å². The Balaban J connectivity index is 0.000000810. The number of hydrogen-bond donors (Lipinski definition) is 0. The molecule has 54 valence electrons. The van der Waals surface area contributed by atoms with Gasteiger partial charge >= 0.3 is 37.7 Å². The van der Waals surface area contributed by atoms with Gasteiger partial charge in [0.2, 0.25) is 0 Å². The Labute approximate surface area is 93.7 Å². The fourth-order valence-corrected chi connectivity index (χ4v) is 1.52. The maximum atomic E-state index is 10.7. The normalized spacial score (nSPS) is 26.1. The molecular weight excluding hydrogens is 178 g/mol. The Morgan fingerprint density at radius 1 is 1.80 bits per heavy atom. The summed E-state index contributed by atoms with van der Waals surface area (Å²) in [4.78, 5) is 20.9. The monoisotopic (exact) mass is 187 g/mol. The van der Waals surface area contributed by atoms with Gasteiger partial charge in [0.15, 0.2) is 5.78 Å². The van der Waals surface area contributed by atoms with Crippen molar-refractivity contribution in [2.75, 3.05) is 12.8 Å². The van der Waals surface area contributed by atoms with Crippen LogP contribution < -0.4 is 0 Å². The van der Waals surface area contributed by atoms with E-state index in [1.165, 1.54) is 11.9 Å². The molecule has 1 fully saturated rings. The van der Waals surface area contributed by atoms with Crippen LogP contribution in [0.15, 0.2) is 0 Å². The summed E-state index contributed by atoms with van der Waals surface area (Å²) in [6.07, 6.45) is 0.683. The van der Waals surface area contributed by atoms with Gasteiger partial charge < -0.3 is 4.79 Å². The second-order valence-corrected chi connectivity index (χ2v) is 2.99. The van der Waals surface area contributed by atoms with Crippen molar-refractivity contribution in [3.63, 3.8) is 0 Å². The van der Waals surface area contributed by atoms with Crippen molar-refractivity contribution in [3.8, 4) is 0 Å². The minimum absolute atomic E-state index is 0. The summed E-state index contributed by atoms with van der Waals surface area (Å²) < 4.78 is 1.68. The second-order valence-electron chi connectivity index (χ2n) is 1.87. The first kappa shape index (κ1) is 10.9. The summed E-state index contributed by atoms with van der Waals surface area (Å²) in [6, 6.07) is -0.491. The predicted molar refractivity (Wildman–Crippen MR) is 43.6 cm³/mol. The van der Waals surface area contributed by atoms with E-state index >= 15 is 0 Å². The molecule has 0 bridgehead atoms. The molecule has 10 heavy (non-hydrogen) atoms. The van der Waals surface area contributed by atoms with E-state index in [0.29, 0.717) is 12.0 Å². The molecule has 1 aliphatic rings. The molecule has 1 saturated heterocycles. The molecular formula is C5H9CaNO2S. The molecule has 1 rings (SSSR count). The van der Waals surface area contributed by atoms with Crippen LogP contribution in [0, 0.1) is 0 Å². The zero-order valence-electron chi connectivity index (χ0n) is 5.03. The quantitative estimate of drug-likeness (QED) is 0.224. The first-order valence-electron chi connectivity index (χ1n) is 2.59. The SMILES string of the molecule is CN1SCC(=O)C1C=O.[CaH2]. The molecule has 0 amide bonds. The van der Waals surface area contributed by atoms with Gasteiger partial charge in [-0.25, -0.2) is 4.31 Å². The van der Waals surface area contributed by atoms with Crippen LogP contribution in [-0.4, -0.2) is 73.0 Å². The first-order chi connectivity index (χ1) is 4.25. The molecule has 1 heterocycles. The van der Waals surface area contributed by atoms with E-state index in [1.54, 1.807) is 11.4 Å². The van der Waals surface area contributed by atoms with Gasteiger partial charge in [-0.15, -0.1) is 0 Å². The standard InChI is InChI=1S/C5H7NO2S.Ca.2H/c1-6-4(2-7)5(8)3-9-6;;;/h2,4H,3H2,1H3;;;. The molecule has 0 saturated carbocycles. The van der Waals surface area contributed by atoms with Crippen LogP contribution in [0.3, 0.4) is 0 Å². The number of ketones is 1. The summed E-state index contributed by atoms with van der Waals surface area (Å²) in [7, 11) is 1.74. The van der Waals surface area contributed by atoms with Crippen molar-refractivity contribution in [1.29, 1.82) is 0 Å². The van der Waals surface area contributed by atoms with Gasteiger partial charge in [0.05, 0.1) is 5.75 Å². The molecule has 0 aromatic heterocycles. The van der Waals surface area contributed by atoms with E-state index in [9.17, 15) is 9.59 Å². The molecule has 1 aliphatic heterocycles. The Kier molecular flexibility index (Phi) is 5.15. The Hall–Kier alpha value is 0.910. The zero-order chi connectivity index (χ0) is 6.85. The van der Waals surface area contributed by atoms with Crippen molar-refractivity contribution in [3.05, 3.63) is 0 Å². The number of nitrogens with zero attached hydrogens (tertiary/aromatic N) is 1. The second kappa shape index (κ2) is 4.72. The van der Waals surface area contributed by atoms with Crippen LogP contribution in [0.4, 0.5) is 0 Å². The Bertz CT molecular complexity index is 153. The molecule has 0 N–H and O–H groups in total. The summed E-state index contributed by atoms with van der Waals surface area (Å²) in [6.45, 7) is 0. The molecule has 3 nitrogen and oxygen atoms in total. The number of rotatable bonds is 1. The summed E-state index contributed by atoms with van der Waals surface area (Å²) in [5.41, 5.74) is 0. The van der Waals surface area contributed by atoms with Crippen LogP contribution in [0.5, 0.6) is 0 Å². The molecule has 0 aliphatic carbocycles. The zero-order valence-corrected chi connectivity index (χ0v) is 5.85. The van der Waals surface area contributed by atoms with Crippen molar-refractivity contribution >= 4 is 61.8 Å². The number of hydrogen-bond acceptors (Lipinski definition) is 4. The van der Waals surface area contributed by atoms with Crippen molar-refractivity contribution in [1.82, 2.24) is 4.31 Å². The Morgan fingerprint density at radius 3 is 2.60 bits per heavy atom. The average Bonchev–Trinajstić information content (AvgIpc) is 2.12. The van der Waals surface area contributed by atoms with E-state index in [-0.39, 0.29) is 43.5 Å². The number of carbonyl (C=O) groups excluding carboxylic acids is 2. The first-order valence-corrected chi connectivity index (χ1v) is 3.53. The fourth-order valence-electron chi connectivity index (χ4n) is 0.695. The molecule has 0 radical (unpaired) electrons. The van der Waals surface area contributed by atoms with Gasteiger partial charge in [-0.2, -0.15) is 0 Å². The van der Waals surface area contributed by atoms with Crippen LogP contribution in [0.1, 0.15) is 0 Å². The predicted octanol–water partition coefficient (Wildman–Crippen LogP) is -1.20. The van der Waals surface area contributed by atoms with Crippen LogP contribution in [0.2, 0.25) is 0 Å². The summed E-state index contributed by atoms with van der Waals surface area (Å²) >= 11 is 1.39. The summed E-state index contributed by atoms with van der Waals surface area (Å²) in [5, 5.41) is 0. The van der Waals surface area contributed by atoms with E-state index in [0.717, 1.165) is 0 Å². The van der Waals surface area contributed by atoms with Gasteiger partial charge in [0.1, 0.15) is 12.3 Å². The molecule has 0 aromatic carbocycles. The van der Waals surface area contributed by atoms with Gasteiger partial charge in [-0.1, -0.05) is 11.9 Å². The number of carbonyl (C=O) groups is 2. The Morgan fingerprint density at radius 2 is 2.40 bits per heavy atom. The van der Waals surface area contributed by atoms with Gasteiger partial charge in [-0.05, 0) is 7.05 Å². The molecule has 0 aromatic rings. The third kappa shape index (κ3) is 2.20. The van der Waals surface area contributed by atoms with Gasteiger partial charge in [0.25, 0.3) is 0 Å². The van der Waals surface area contributed by atoms with Crippen molar-refractivity contribution in [2.45, 2.75) is 6.04 Å². The van der Waals surface area contributed by atoms with E-state index in [2.05, 4.69) is 0 Å². The third-order valence-electron chi connectivity index (χ3n) is 1.26. The fraction of sp³-hybridized carbons (Fsp3) is 0.600. The molecule has 1 unspecified atom stereocenters. The van der Waals surface area contributed by atoms with Crippen molar-refractivity contribution in [2.24, 2.45) is 0 Å². The summed E-state index contributed by atoms with van der Waals surface area (Å²) in [5.74, 6) is 0.456. The third-order valence-corrected chi connectivity index (χ3v) is 2.31. The maximum absolute atomic E-state index is 10.7. The number of aldehydes is 1. The average molecular weight is 187 g/mol. The topological polar surface area (TPSA) is 37.4 Å². The molecule has 0 spiro atoms. The van der Waals surface area contributed by atoms with Gasteiger partial charge in [0, 0.05) is 0 Å². The van der Waals surface area contributed by atoms with Crippen molar-refractivity contribution < 1.29 is 9.59 Å². The van der Waals surface area contributed by atoms with E-state index in [4.69, 9.17) is 0 Å². The van der Waals surface area contributed by atoms with Crippen LogP contribution >= 0.6 is 11.9 Å². The molecule has 1 atom stereocenters. The number of likely N-dealkylation sites (N-methyl/N-ethyl adjacent to an activating group) is 1. The van der Waals surface area contributed by atoms with Crippen LogP contribution in [0.25, 0.3) is 0 Å². The van der Waals surface area contributed by atoms with Crippen LogP contribution in [-0.2, 0) is 9.59 Å². The van der Waals surface area contributed by atoms with E-state index < -0.39 is 6.04 Å². The van der Waals surface area contributed by atoms with E-state index in [1.807, 2.05) is 0 Å². The molecule has 5 heteroatoms.